The number of Topliss-reactive ketones (excluding diaryl/α,β-unsaturated/α-hetero) is 1. The number of nitrogens with two attached hydrogens (primary N) is 1. The third-order valence-corrected chi connectivity index (χ3v) is 9.18. The van der Waals surface area contributed by atoms with Crippen molar-refractivity contribution in [3.63, 3.8) is 0 Å². The van der Waals surface area contributed by atoms with Gasteiger partial charge in [0.2, 0.25) is 0 Å². The van der Waals surface area contributed by atoms with E-state index in [1.54, 1.807) is 0 Å². The number of fused-ring (bicyclic) bond motifs is 1. The van der Waals surface area contributed by atoms with Gasteiger partial charge in [-0.3, -0.25) is 9.69 Å². The molecule has 0 aromatic heterocycles. The fourth-order valence-electron chi connectivity index (χ4n) is 6.81. The Bertz CT molecular complexity index is 1940. The zero-order chi connectivity index (χ0) is 31.3. The van der Waals surface area contributed by atoms with Crippen LogP contribution >= 0.6 is 11.6 Å². The summed E-state index contributed by atoms with van der Waals surface area (Å²) in [5.41, 5.74) is 14.5. The van der Waals surface area contributed by atoms with E-state index in [0.29, 0.717) is 41.4 Å². The van der Waals surface area contributed by atoms with Gasteiger partial charge < -0.3 is 10.5 Å². The van der Waals surface area contributed by atoms with E-state index >= 15 is 0 Å². The van der Waals surface area contributed by atoms with Gasteiger partial charge in [0.25, 0.3) is 0 Å². The third-order valence-electron chi connectivity index (χ3n) is 8.94. The summed E-state index contributed by atoms with van der Waals surface area (Å²) >= 11 is 6.15. The number of anilines is 1. The molecule has 1 aliphatic carbocycles. The molecule has 0 radical (unpaired) electrons. The second kappa shape index (κ2) is 11.2. The Morgan fingerprint density at radius 2 is 1.73 bits per heavy atom. The van der Waals surface area contributed by atoms with Crippen LogP contribution in [0.5, 0.6) is 5.75 Å². The second-order valence-electron chi connectivity index (χ2n) is 12.8. The zero-order valence-electron chi connectivity index (χ0n) is 25.8. The van der Waals surface area contributed by atoms with Gasteiger partial charge in [0, 0.05) is 28.1 Å². The number of carbonyl (C=O) groups is 1. The Labute approximate surface area is 264 Å². The molecule has 6 heteroatoms. The minimum atomic E-state index is -0.568. The number of carbonyl (C=O) groups excluding carboxylic acids is 1. The predicted molar refractivity (Wildman–Crippen MR) is 177 cm³/mol. The Kier molecular flexibility index (Phi) is 7.51. The molecule has 222 valence electrons. The lowest BCUT2D eigenvalue weighted by Gasteiger charge is -2.44. The Balaban J connectivity index is 1.52. The Hall–Kier alpha value is -4.53. The molecule has 1 heterocycles. The highest BCUT2D eigenvalue weighted by Gasteiger charge is 2.45. The minimum Gasteiger partial charge on any atom is -0.489 e. The first-order valence-electron chi connectivity index (χ1n) is 14.9. The molecule has 0 bridgehead atoms. The minimum absolute atomic E-state index is 0.0568. The van der Waals surface area contributed by atoms with Gasteiger partial charge in [-0.2, -0.15) is 5.26 Å². The van der Waals surface area contributed by atoms with Crippen LogP contribution in [0, 0.1) is 37.5 Å². The maximum Gasteiger partial charge on any atom is 0.162 e. The lowest BCUT2D eigenvalue weighted by Crippen LogP contribution is -2.42. The summed E-state index contributed by atoms with van der Waals surface area (Å²) in [5.74, 6) is 0.617. The van der Waals surface area contributed by atoms with Crippen molar-refractivity contribution in [3.8, 4) is 11.8 Å². The number of hydrogen-bond acceptors (Lipinski definition) is 5. The van der Waals surface area contributed by atoms with Gasteiger partial charge in [0.05, 0.1) is 23.2 Å². The van der Waals surface area contributed by atoms with Crippen LogP contribution in [0.1, 0.15) is 60.4 Å². The third kappa shape index (κ3) is 5.14. The van der Waals surface area contributed by atoms with Crippen LogP contribution in [0.4, 0.5) is 5.69 Å². The van der Waals surface area contributed by atoms with Crippen molar-refractivity contribution in [2.75, 3.05) is 4.90 Å². The molecule has 2 aliphatic rings. The number of allylic oxidation sites excluding steroid dienone is 3. The number of rotatable bonds is 5. The van der Waals surface area contributed by atoms with Crippen LogP contribution in [0.3, 0.4) is 0 Å². The number of ether oxygens (including phenoxy) is 1. The summed E-state index contributed by atoms with van der Waals surface area (Å²) < 4.78 is 6.24. The molecule has 1 atom stereocenters. The fraction of sp³-hybridized carbons (Fsp3) is 0.263. The first-order valence-corrected chi connectivity index (χ1v) is 15.3. The highest BCUT2D eigenvalue weighted by atomic mass is 35.5. The van der Waals surface area contributed by atoms with Crippen molar-refractivity contribution in [3.05, 3.63) is 128 Å². The molecular weight excluding hydrogens is 566 g/mol. The fourth-order valence-corrected chi connectivity index (χ4v) is 7.04. The van der Waals surface area contributed by atoms with Crippen LogP contribution in [0.15, 0.2) is 95.5 Å². The molecule has 1 unspecified atom stereocenters. The number of nitriles is 1. The second-order valence-corrected chi connectivity index (χ2v) is 13.2. The van der Waals surface area contributed by atoms with Gasteiger partial charge in [-0.05, 0) is 90.1 Å². The van der Waals surface area contributed by atoms with Crippen LogP contribution in [0.2, 0.25) is 5.02 Å². The highest BCUT2D eigenvalue weighted by molar-refractivity contribution is 6.30. The predicted octanol–water partition coefficient (Wildman–Crippen LogP) is 8.94. The van der Waals surface area contributed by atoms with E-state index in [1.807, 2.05) is 61.2 Å². The van der Waals surface area contributed by atoms with Gasteiger partial charge in [-0.15, -0.1) is 0 Å². The highest BCUT2D eigenvalue weighted by Crippen LogP contribution is 2.51. The number of aryl methyl sites for hydroxylation is 3. The van der Waals surface area contributed by atoms with E-state index in [-0.39, 0.29) is 11.2 Å². The Morgan fingerprint density at radius 3 is 2.48 bits per heavy atom. The average Bonchev–Trinajstić information content (AvgIpc) is 2.96. The van der Waals surface area contributed by atoms with Gasteiger partial charge in [0.1, 0.15) is 18.2 Å². The van der Waals surface area contributed by atoms with Crippen LogP contribution in [-0.2, 0) is 11.4 Å². The van der Waals surface area contributed by atoms with Crippen LogP contribution in [0.25, 0.3) is 10.8 Å². The zero-order valence-corrected chi connectivity index (χ0v) is 26.5. The molecule has 0 fully saturated rings. The normalized spacial score (nSPS) is 18.0. The van der Waals surface area contributed by atoms with E-state index in [4.69, 9.17) is 22.1 Å². The first-order chi connectivity index (χ1) is 21.0. The van der Waals surface area contributed by atoms with Gasteiger partial charge in [-0.25, -0.2) is 0 Å². The van der Waals surface area contributed by atoms with Gasteiger partial charge >= 0.3 is 0 Å². The van der Waals surface area contributed by atoms with E-state index in [1.165, 1.54) is 0 Å². The molecule has 5 nitrogen and oxygen atoms in total. The number of ketones is 1. The van der Waals surface area contributed by atoms with E-state index in [9.17, 15) is 10.1 Å². The maximum absolute atomic E-state index is 14.2. The molecule has 1 aliphatic heterocycles. The lowest BCUT2D eigenvalue weighted by molar-refractivity contribution is -0.118. The van der Waals surface area contributed by atoms with Gasteiger partial charge in [-0.1, -0.05) is 74.0 Å². The first kappa shape index (κ1) is 29.5. The van der Waals surface area contributed by atoms with Crippen LogP contribution in [-0.4, -0.2) is 5.78 Å². The molecule has 0 saturated heterocycles. The SMILES string of the molecule is Cc1cc(C)c(C2C(C#N)=C(N)N(c3cccc4ccccc34)C3=C2C(=O)CC(C)(C)C3)cc1COc1ccc(Cl)cc1C. The van der Waals surface area contributed by atoms with Crippen molar-refractivity contribution < 1.29 is 9.53 Å². The maximum atomic E-state index is 14.2. The molecule has 2 N–H and O–H groups in total. The molecule has 0 amide bonds. The average molecular weight is 602 g/mol. The molecule has 6 rings (SSSR count). The molecule has 0 spiro atoms. The van der Waals surface area contributed by atoms with E-state index < -0.39 is 5.92 Å². The van der Waals surface area contributed by atoms with Gasteiger partial charge in [0.15, 0.2) is 5.78 Å². The van der Waals surface area contributed by atoms with Crippen LogP contribution < -0.4 is 15.4 Å². The van der Waals surface area contributed by atoms with Crippen molar-refractivity contribution in [1.29, 1.82) is 5.26 Å². The monoisotopic (exact) mass is 601 g/mol. The van der Waals surface area contributed by atoms with Crippen molar-refractivity contribution in [2.45, 2.75) is 60.0 Å². The largest absolute Gasteiger partial charge is 0.489 e. The molecule has 4 aromatic carbocycles. The smallest absolute Gasteiger partial charge is 0.162 e. The summed E-state index contributed by atoms with van der Waals surface area (Å²) in [7, 11) is 0. The summed E-state index contributed by atoms with van der Waals surface area (Å²) in [6.07, 6.45) is 1.06. The van der Waals surface area contributed by atoms with E-state index in [0.717, 1.165) is 55.7 Å². The summed E-state index contributed by atoms with van der Waals surface area (Å²) in [5, 5.41) is 13.4. The number of halogens is 1. The molecule has 44 heavy (non-hydrogen) atoms. The van der Waals surface area contributed by atoms with Crippen molar-refractivity contribution in [1.82, 2.24) is 0 Å². The molecule has 0 saturated carbocycles. The standard InChI is InChI=1S/C38H36ClN3O2/c1-22-15-23(2)29(17-26(22)21-44-34-14-13-27(39)16-24(34)3)35-30(20-40)37(41)42(32-18-38(4,5)19-33(43)36(32)35)31-12-8-10-25-9-6-7-11-28(25)31/h6-17,35H,18-19,21,41H2,1-5H3. The Morgan fingerprint density at radius 1 is 0.977 bits per heavy atom. The number of hydrogen-bond donors (Lipinski definition) is 1. The topological polar surface area (TPSA) is 79.4 Å². The summed E-state index contributed by atoms with van der Waals surface area (Å²) in [6, 6.07) is 26.4. The van der Waals surface area contributed by atoms with Crippen molar-refractivity contribution in [2.24, 2.45) is 11.1 Å². The number of benzene rings is 4. The quantitative estimate of drug-likeness (QED) is 0.247. The summed E-state index contributed by atoms with van der Waals surface area (Å²) in [4.78, 5) is 16.2. The number of nitrogens with zero attached hydrogens (tertiary/aromatic N) is 2. The van der Waals surface area contributed by atoms with E-state index in [2.05, 4.69) is 57.2 Å². The lowest BCUT2D eigenvalue weighted by atomic mass is 9.68. The summed E-state index contributed by atoms with van der Waals surface area (Å²) in [6.45, 7) is 10.6. The molecular formula is C38H36ClN3O2. The molecule has 4 aromatic rings. The van der Waals surface area contributed by atoms with Crippen molar-refractivity contribution >= 4 is 33.8 Å².